The Morgan fingerprint density at radius 3 is 1.32 bits per heavy atom. The minimum absolute atomic E-state index is 0.0578. The second-order valence-electron chi connectivity index (χ2n) is 12.0. The number of benzene rings is 2. The summed E-state index contributed by atoms with van der Waals surface area (Å²) in [6, 6.07) is 12.3. The summed E-state index contributed by atoms with van der Waals surface area (Å²) < 4.78 is 12.1. The molecule has 2 aliphatic rings. The van der Waals surface area contributed by atoms with Crippen LogP contribution >= 0.6 is 0 Å². The molecule has 0 radical (unpaired) electrons. The molecule has 4 heteroatoms. The fourth-order valence-electron chi connectivity index (χ4n) is 5.76. The van der Waals surface area contributed by atoms with Crippen molar-refractivity contribution >= 4 is 11.9 Å². The van der Waals surface area contributed by atoms with Gasteiger partial charge in [0, 0.05) is 0 Å². The molecule has 2 aromatic rings. The maximum atomic E-state index is 13.7. The Morgan fingerprint density at radius 1 is 0.622 bits per heavy atom. The van der Waals surface area contributed by atoms with Gasteiger partial charge < -0.3 is 9.47 Å². The zero-order valence-electron chi connectivity index (χ0n) is 23.7. The van der Waals surface area contributed by atoms with E-state index in [1.807, 2.05) is 12.1 Å². The summed E-state index contributed by atoms with van der Waals surface area (Å²) in [5.74, 6) is 1.58. The highest BCUT2D eigenvalue weighted by atomic mass is 16.5. The molecule has 2 bridgehead atoms. The normalized spacial score (nSPS) is 19.0. The zero-order chi connectivity index (χ0) is 27.0. The van der Waals surface area contributed by atoms with E-state index in [-0.39, 0.29) is 23.7 Å². The third kappa shape index (κ3) is 5.54. The van der Waals surface area contributed by atoms with Crippen molar-refractivity contribution in [3.63, 3.8) is 0 Å². The number of ether oxygens (including phenoxy) is 2. The van der Waals surface area contributed by atoms with Gasteiger partial charge in [0.2, 0.25) is 0 Å². The van der Waals surface area contributed by atoms with Crippen LogP contribution in [0.2, 0.25) is 0 Å². The number of fused-ring (bicyclic) bond motifs is 2. The Labute approximate surface area is 222 Å². The number of esters is 2. The van der Waals surface area contributed by atoms with Gasteiger partial charge in [-0.2, -0.15) is 0 Å². The Hall–Kier alpha value is -2.88. The maximum absolute atomic E-state index is 13.7. The van der Waals surface area contributed by atoms with Gasteiger partial charge >= 0.3 is 11.9 Å². The van der Waals surface area contributed by atoms with E-state index in [0.29, 0.717) is 34.5 Å². The quantitative estimate of drug-likeness (QED) is 0.268. The molecule has 0 aliphatic heterocycles. The van der Waals surface area contributed by atoms with Crippen LogP contribution in [0.4, 0.5) is 0 Å². The van der Waals surface area contributed by atoms with Gasteiger partial charge in [-0.25, -0.2) is 9.59 Å². The molecule has 0 spiro atoms. The largest absolute Gasteiger partial charge is 0.423 e. The second-order valence-corrected chi connectivity index (χ2v) is 12.0. The van der Waals surface area contributed by atoms with Crippen LogP contribution in [-0.2, 0) is 9.59 Å². The highest BCUT2D eigenvalue weighted by Gasteiger charge is 2.46. The number of carbonyl (C=O) groups is 2. The molecule has 0 saturated heterocycles. The second kappa shape index (κ2) is 10.8. The lowest BCUT2D eigenvalue weighted by molar-refractivity contribution is -0.133. The molecule has 0 aromatic heterocycles. The monoisotopic (exact) mass is 502 g/mol. The average molecular weight is 503 g/mol. The fourth-order valence-corrected chi connectivity index (χ4v) is 5.76. The Morgan fingerprint density at radius 2 is 1.00 bits per heavy atom. The van der Waals surface area contributed by atoms with Gasteiger partial charge in [0.05, 0.1) is 11.1 Å². The number of hydrogen-bond acceptors (Lipinski definition) is 4. The Kier molecular flexibility index (Phi) is 7.96. The van der Waals surface area contributed by atoms with Crippen molar-refractivity contribution in [2.45, 2.75) is 98.3 Å². The summed E-state index contributed by atoms with van der Waals surface area (Å²) in [7, 11) is 0. The topological polar surface area (TPSA) is 52.6 Å². The molecule has 1 fully saturated rings. The summed E-state index contributed by atoms with van der Waals surface area (Å²) in [6.07, 6.45) is 2.64. The van der Waals surface area contributed by atoms with E-state index >= 15 is 0 Å². The number of rotatable bonds is 8. The van der Waals surface area contributed by atoms with E-state index in [2.05, 4.69) is 79.7 Å². The molecular weight excluding hydrogens is 460 g/mol. The zero-order valence-corrected chi connectivity index (χ0v) is 23.7. The first-order chi connectivity index (χ1) is 17.5. The summed E-state index contributed by atoms with van der Waals surface area (Å²) >= 11 is 0. The predicted octanol–water partition coefficient (Wildman–Crippen LogP) is 8.42. The lowest BCUT2D eigenvalue weighted by Gasteiger charge is -2.21. The van der Waals surface area contributed by atoms with E-state index in [1.165, 1.54) is 0 Å². The average Bonchev–Trinajstić information content (AvgIpc) is 3.45. The lowest BCUT2D eigenvalue weighted by Crippen LogP contribution is -2.24. The SMILES string of the molecule is CC(C)c1ccc(C(C)C)c(OC(=O)C2=C(C(=O)Oc3cc(C(C)C)ccc3C(C)C)C3CCC2C3)c1. The van der Waals surface area contributed by atoms with Crippen LogP contribution in [0.1, 0.15) is 121 Å². The van der Waals surface area contributed by atoms with Crippen molar-refractivity contribution in [1.29, 1.82) is 0 Å². The van der Waals surface area contributed by atoms with E-state index in [1.54, 1.807) is 0 Å². The van der Waals surface area contributed by atoms with Crippen molar-refractivity contribution in [2.75, 3.05) is 0 Å². The van der Waals surface area contributed by atoms with Crippen LogP contribution in [0.15, 0.2) is 47.5 Å². The summed E-state index contributed by atoms with van der Waals surface area (Å²) in [5, 5.41) is 0. The minimum Gasteiger partial charge on any atom is -0.423 e. The van der Waals surface area contributed by atoms with Crippen molar-refractivity contribution in [1.82, 2.24) is 0 Å². The molecule has 2 aromatic carbocycles. The van der Waals surface area contributed by atoms with Gasteiger partial charge in [-0.15, -0.1) is 0 Å². The Balaban J connectivity index is 1.68. The number of hydrogen-bond donors (Lipinski definition) is 0. The van der Waals surface area contributed by atoms with Crippen LogP contribution < -0.4 is 9.47 Å². The smallest absolute Gasteiger partial charge is 0.340 e. The number of carbonyl (C=O) groups excluding carboxylic acids is 2. The molecule has 2 atom stereocenters. The van der Waals surface area contributed by atoms with Gasteiger partial charge in [0.15, 0.2) is 0 Å². The standard InChI is InChI=1S/C33H42O4/c1-18(2)22-11-13-26(20(5)6)28(16-22)36-32(34)30-24-9-10-25(15-24)31(30)33(35)37-29-17-23(19(3)4)12-14-27(29)21(7)8/h11-14,16-21,24-25H,9-10,15H2,1-8H3. The van der Waals surface area contributed by atoms with Gasteiger partial charge in [-0.05, 0) is 89.2 Å². The van der Waals surface area contributed by atoms with E-state index in [4.69, 9.17) is 9.47 Å². The molecule has 4 rings (SSSR count). The van der Waals surface area contributed by atoms with Gasteiger partial charge in [-0.1, -0.05) is 79.7 Å². The summed E-state index contributed by atoms with van der Waals surface area (Å²) in [5.41, 5.74) is 5.30. The molecular formula is C33H42O4. The van der Waals surface area contributed by atoms with Crippen LogP contribution in [0.5, 0.6) is 11.5 Å². The van der Waals surface area contributed by atoms with E-state index < -0.39 is 11.9 Å². The summed E-state index contributed by atoms with van der Waals surface area (Å²) in [4.78, 5) is 27.3. The lowest BCUT2D eigenvalue weighted by atomic mass is 9.91. The molecule has 4 nitrogen and oxygen atoms in total. The van der Waals surface area contributed by atoms with Crippen molar-refractivity contribution in [3.8, 4) is 11.5 Å². The molecule has 0 N–H and O–H groups in total. The first kappa shape index (κ1) is 27.2. The van der Waals surface area contributed by atoms with Crippen LogP contribution in [0.25, 0.3) is 0 Å². The third-order valence-electron chi connectivity index (χ3n) is 8.04. The first-order valence-corrected chi connectivity index (χ1v) is 13.9. The van der Waals surface area contributed by atoms with E-state index in [9.17, 15) is 9.59 Å². The fraction of sp³-hybridized carbons (Fsp3) is 0.515. The van der Waals surface area contributed by atoms with Crippen molar-refractivity contribution < 1.29 is 19.1 Å². The molecule has 0 amide bonds. The van der Waals surface area contributed by atoms with Crippen LogP contribution in [-0.4, -0.2) is 11.9 Å². The highest BCUT2D eigenvalue weighted by molar-refractivity contribution is 6.04. The van der Waals surface area contributed by atoms with Gasteiger partial charge in [0.1, 0.15) is 11.5 Å². The van der Waals surface area contributed by atoms with E-state index in [0.717, 1.165) is 41.5 Å². The molecule has 37 heavy (non-hydrogen) atoms. The third-order valence-corrected chi connectivity index (χ3v) is 8.04. The predicted molar refractivity (Wildman–Crippen MR) is 148 cm³/mol. The summed E-state index contributed by atoms with van der Waals surface area (Å²) in [6.45, 7) is 16.9. The van der Waals surface area contributed by atoms with Crippen molar-refractivity contribution in [2.24, 2.45) is 11.8 Å². The van der Waals surface area contributed by atoms with Gasteiger partial charge in [0.25, 0.3) is 0 Å². The minimum atomic E-state index is -0.401. The molecule has 1 saturated carbocycles. The van der Waals surface area contributed by atoms with Gasteiger partial charge in [-0.3, -0.25) is 0 Å². The first-order valence-electron chi connectivity index (χ1n) is 13.9. The molecule has 198 valence electrons. The maximum Gasteiger partial charge on any atom is 0.340 e. The molecule has 2 unspecified atom stereocenters. The van der Waals surface area contributed by atoms with Crippen LogP contribution in [0, 0.1) is 11.8 Å². The molecule has 0 heterocycles. The molecule has 2 aliphatic carbocycles. The van der Waals surface area contributed by atoms with Crippen molar-refractivity contribution in [3.05, 3.63) is 69.8 Å². The highest BCUT2D eigenvalue weighted by Crippen LogP contribution is 2.50. The van der Waals surface area contributed by atoms with Crippen LogP contribution in [0.3, 0.4) is 0 Å². The Bertz CT molecular complexity index is 1120.